The first-order valence-corrected chi connectivity index (χ1v) is 8.56. The van der Waals surface area contributed by atoms with Crippen LogP contribution in [0.3, 0.4) is 0 Å². The molecule has 0 saturated heterocycles. The fourth-order valence-electron chi connectivity index (χ4n) is 3.16. The Labute approximate surface area is 161 Å². The summed E-state index contributed by atoms with van der Waals surface area (Å²) >= 11 is 11.9. The molecule has 1 aliphatic rings. The second-order valence-electron chi connectivity index (χ2n) is 6.02. The molecule has 9 heteroatoms. The number of rotatable bonds is 3. The van der Waals surface area contributed by atoms with Crippen LogP contribution >= 0.6 is 23.2 Å². The SMILES string of the molecule is O=C(O)c1cc(C2=C(c3cc(Cl)c(Cl)cc3O)CCC2)cnc1C(F)(F)F. The Hall–Kier alpha value is -2.25. The van der Waals surface area contributed by atoms with E-state index < -0.39 is 23.4 Å². The number of carboxylic acids is 1. The maximum absolute atomic E-state index is 13.0. The Kier molecular flexibility index (Phi) is 5.10. The van der Waals surface area contributed by atoms with Gasteiger partial charge in [-0.15, -0.1) is 0 Å². The lowest BCUT2D eigenvalue weighted by molar-refractivity contribution is -0.141. The number of phenols is 1. The number of carbonyl (C=O) groups is 1. The van der Waals surface area contributed by atoms with Crippen molar-refractivity contribution in [2.24, 2.45) is 0 Å². The molecule has 0 spiro atoms. The Morgan fingerprint density at radius 1 is 1.07 bits per heavy atom. The summed E-state index contributed by atoms with van der Waals surface area (Å²) in [5.74, 6) is -1.83. The molecule has 0 amide bonds. The average Bonchev–Trinajstić information content (AvgIpc) is 3.06. The topological polar surface area (TPSA) is 70.4 Å². The van der Waals surface area contributed by atoms with E-state index in [1.54, 1.807) is 0 Å². The van der Waals surface area contributed by atoms with E-state index in [4.69, 9.17) is 28.3 Å². The minimum Gasteiger partial charge on any atom is -0.507 e. The maximum atomic E-state index is 13.0. The molecule has 0 aliphatic heterocycles. The molecule has 1 aromatic heterocycles. The number of hydrogen-bond donors (Lipinski definition) is 2. The van der Waals surface area contributed by atoms with Crippen LogP contribution in [0.15, 0.2) is 24.4 Å². The normalized spacial score (nSPS) is 14.7. The fraction of sp³-hybridized carbons (Fsp3) is 0.222. The van der Waals surface area contributed by atoms with Gasteiger partial charge in [0.05, 0.1) is 15.6 Å². The summed E-state index contributed by atoms with van der Waals surface area (Å²) in [6.45, 7) is 0. The molecule has 1 heterocycles. The third-order valence-electron chi connectivity index (χ3n) is 4.32. The van der Waals surface area contributed by atoms with E-state index in [0.717, 1.165) is 12.3 Å². The van der Waals surface area contributed by atoms with Crippen molar-refractivity contribution in [2.45, 2.75) is 25.4 Å². The van der Waals surface area contributed by atoms with Gasteiger partial charge in [0.15, 0.2) is 5.69 Å². The predicted molar refractivity (Wildman–Crippen MR) is 95.0 cm³/mol. The number of aromatic hydroxyl groups is 1. The quantitative estimate of drug-likeness (QED) is 0.651. The van der Waals surface area contributed by atoms with Crippen LogP contribution in [-0.4, -0.2) is 21.2 Å². The molecular weight excluding hydrogens is 406 g/mol. The van der Waals surface area contributed by atoms with Gasteiger partial charge < -0.3 is 10.2 Å². The van der Waals surface area contributed by atoms with Gasteiger partial charge in [0.1, 0.15) is 5.75 Å². The minimum atomic E-state index is -4.87. The minimum absolute atomic E-state index is 0.114. The molecule has 0 saturated carbocycles. The van der Waals surface area contributed by atoms with Gasteiger partial charge in [-0.05, 0) is 48.1 Å². The van der Waals surface area contributed by atoms with Gasteiger partial charge in [0.25, 0.3) is 0 Å². The zero-order valence-electron chi connectivity index (χ0n) is 13.6. The van der Waals surface area contributed by atoms with Gasteiger partial charge in [-0.25, -0.2) is 4.79 Å². The number of aromatic carboxylic acids is 1. The molecule has 2 aromatic rings. The van der Waals surface area contributed by atoms with E-state index in [9.17, 15) is 23.1 Å². The van der Waals surface area contributed by atoms with Crippen LogP contribution in [0.2, 0.25) is 10.0 Å². The van der Waals surface area contributed by atoms with Crippen molar-refractivity contribution < 1.29 is 28.2 Å². The van der Waals surface area contributed by atoms with Crippen LogP contribution in [0.25, 0.3) is 11.1 Å². The van der Waals surface area contributed by atoms with Crippen molar-refractivity contribution in [3.8, 4) is 5.75 Å². The number of phenolic OH excluding ortho intramolecular Hbond substituents is 1. The lowest BCUT2D eigenvalue weighted by Crippen LogP contribution is -2.15. The number of halogens is 5. The van der Waals surface area contributed by atoms with Crippen LogP contribution in [0.4, 0.5) is 13.2 Å². The van der Waals surface area contributed by atoms with Gasteiger partial charge in [0.2, 0.25) is 0 Å². The van der Waals surface area contributed by atoms with Crippen LogP contribution in [0.1, 0.15) is 46.4 Å². The molecule has 0 bridgehead atoms. The Bertz CT molecular complexity index is 971. The lowest BCUT2D eigenvalue weighted by atomic mass is 9.96. The first-order chi connectivity index (χ1) is 12.6. The highest BCUT2D eigenvalue weighted by Gasteiger charge is 2.37. The van der Waals surface area contributed by atoms with E-state index in [-0.39, 0.29) is 21.4 Å². The highest BCUT2D eigenvalue weighted by molar-refractivity contribution is 6.42. The number of pyridine rings is 1. The first-order valence-electron chi connectivity index (χ1n) is 7.81. The van der Waals surface area contributed by atoms with Crippen LogP contribution in [0, 0.1) is 0 Å². The van der Waals surface area contributed by atoms with Crippen molar-refractivity contribution >= 4 is 40.3 Å². The number of carboxylic acid groups (broad SMARTS) is 1. The zero-order chi connectivity index (χ0) is 19.9. The van der Waals surface area contributed by atoms with E-state index in [2.05, 4.69) is 4.98 Å². The molecule has 0 radical (unpaired) electrons. The van der Waals surface area contributed by atoms with Crippen molar-refractivity contribution in [3.05, 3.63) is 56.8 Å². The number of alkyl halides is 3. The highest BCUT2D eigenvalue weighted by Crippen LogP contribution is 2.45. The molecule has 0 fully saturated rings. The first kappa shape index (κ1) is 19.5. The fourth-order valence-corrected chi connectivity index (χ4v) is 3.48. The van der Waals surface area contributed by atoms with Crippen molar-refractivity contribution in [1.29, 1.82) is 0 Å². The molecule has 3 rings (SSSR count). The summed E-state index contributed by atoms with van der Waals surface area (Å²) in [6.07, 6.45) is -2.13. The summed E-state index contributed by atoms with van der Waals surface area (Å²) in [5, 5.41) is 19.8. The predicted octanol–water partition coefficient (Wildman–Crippen LogP) is 5.91. The van der Waals surface area contributed by atoms with Gasteiger partial charge in [-0.2, -0.15) is 13.2 Å². The van der Waals surface area contributed by atoms with Crippen LogP contribution < -0.4 is 0 Å². The summed E-state index contributed by atoms with van der Waals surface area (Å²) < 4.78 is 39.0. The van der Waals surface area contributed by atoms with E-state index in [1.165, 1.54) is 12.1 Å². The standard InChI is InChI=1S/C18H12Cl2F3NO3/c19-13-5-11(15(25)6-14(13)20)10-3-1-2-9(10)8-4-12(17(26)27)16(24-7-8)18(21,22)23/h4-7,25H,1-3H2,(H,26,27). The molecule has 1 aromatic carbocycles. The molecular formula is C18H12Cl2F3NO3. The summed E-state index contributed by atoms with van der Waals surface area (Å²) in [6, 6.07) is 3.73. The van der Waals surface area contributed by atoms with Crippen LogP contribution in [-0.2, 0) is 6.18 Å². The number of benzene rings is 1. The van der Waals surface area contributed by atoms with Gasteiger partial charge in [-0.3, -0.25) is 4.98 Å². The van der Waals surface area contributed by atoms with E-state index in [0.29, 0.717) is 36.0 Å². The Balaban J connectivity index is 2.18. The Morgan fingerprint density at radius 2 is 1.70 bits per heavy atom. The molecule has 0 atom stereocenters. The number of nitrogens with zero attached hydrogens (tertiary/aromatic N) is 1. The zero-order valence-corrected chi connectivity index (χ0v) is 15.1. The maximum Gasteiger partial charge on any atom is 0.434 e. The van der Waals surface area contributed by atoms with Gasteiger partial charge in [0, 0.05) is 17.8 Å². The molecule has 4 nitrogen and oxygen atoms in total. The number of allylic oxidation sites excluding steroid dienone is 2. The third kappa shape index (κ3) is 3.75. The van der Waals surface area contributed by atoms with E-state index in [1.807, 2.05) is 0 Å². The largest absolute Gasteiger partial charge is 0.507 e. The van der Waals surface area contributed by atoms with Gasteiger partial charge >= 0.3 is 12.1 Å². The van der Waals surface area contributed by atoms with Gasteiger partial charge in [-0.1, -0.05) is 23.2 Å². The number of aromatic nitrogens is 1. The molecule has 1 aliphatic carbocycles. The van der Waals surface area contributed by atoms with Crippen molar-refractivity contribution in [3.63, 3.8) is 0 Å². The van der Waals surface area contributed by atoms with E-state index >= 15 is 0 Å². The monoisotopic (exact) mass is 417 g/mol. The molecule has 0 unspecified atom stereocenters. The average molecular weight is 418 g/mol. The van der Waals surface area contributed by atoms with Crippen molar-refractivity contribution in [2.75, 3.05) is 0 Å². The summed E-state index contributed by atoms with van der Waals surface area (Å²) in [7, 11) is 0. The summed E-state index contributed by atoms with van der Waals surface area (Å²) in [4.78, 5) is 14.6. The number of hydrogen-bond acceptors (Lipinski definition) is 3. The van der Waals surface area contributed by atoms with Crippen LogP contribution in [0.5, 0.6) is 5.75 Å². The highest BCUT2D eigenvalue weighted by atomic mass is 35.5. The smallest absolute Gasteiger partial charge is 0.434 e. The van der Waals surface area contributed by atoms with Crippen molar-refractivity contribution in [1.82, 2.24) is 4.98 Å². The second kappa shape index (κ2) is 7.05. The molecule has 27 heavy (non-hydrogen) atoms. The Morgan fingerprint density at radius 3 is 2.33 bits per heavy atom. The lowest BCUT2D eigenvalue weighted by Gasteiger charge is -2.14. The molecule has 142 valence electrons. The summed E-state index contributed by atoms with van der Waals surface area (Å²) in [5.41, 5.74) is -0.406. The second-order valence-corrected chi connectivity index (χ2v) is 6.83. The third-order valence-corrected chi connectivity index (χ3v) is 5.04. The molecule has 2 N–H and O–H groups in total.